The summed E-state index contributed by atoms with van der Waals surface area (Å²) in [6.45, 7) is 6.50. The summed E-state index contributed by atoms with van der Waals surface area (Å²) in [4.78, 5) is 15.4. The molecule has 0 aliphatic carbocycles. The SMILES string of the molecule is CCCC1(C(=O)NC2CCN3CCCC3C2)CCNC1. The number of carbonyl (C=O) groups excluding carboxylic acids is 1. The third-order valence-corrected chi connectivity index (χ3v) is 5.61. The van der Waals surface area contributed by atoms with Gasteiger partial charge in [-0.2, -0.15) is 0 Å². The molecule has 114 valence electrons. The molecular weight excluding hydrogens is 250 g/mol. The number of fused-ring (bicyclic) bond motifs is 1. The van der Waals surface area contributed by atoms with Gasteiger partial charge in [-0.3, -0.25) is 4.79 Å². The minimum absolute atomic E-state index is 0.123. The van der Waals surface area contributed by atoms with Gasteiger partial charge in [0.2, 0.25) is 5.91 Å². The first kappa shape index (κ1) is 14.3. The molecule has 20 heavy (non-hydrogen) atoms. The molecule has 3 aliphatic heterocycles. The molecular formula is C16H29N3O. The highest BCUT2D eigenvalue weighted by Gasteiger charge is 2.42. The minimum atomic E-state index is -0.123. The Bertz CT molecular complexity index is 352. The van der Waals surface area contributed by atoms with Gasteiger partial charge < -0.3 is 15.5 Å². The molecule has 0 radical (unpaired) electrons. The molecule has 0 aromatic heterocycles. The highest BCUT2D eigenvalue weighted by Crippen LogP contribution is 2.33. The Balaban J connectivity index is 1.57. The van der Waals surface area contributed by atoms with E-state index in [1.807, 2.05) is 0 Å². The number of nitrogens with one attached hydrogen (secondary N) is 2. The Kier molecular flexibility index (Phi) is 4.32. The monoisotopic (exact) mass is 279 g/mol. The molecule has 4 nitrogen and oxygen atoms in total. The van der Waals surface area contributed by atoms with E-state index in [-0.39, 0.29) is 5.41 Å². The van der Waals surface area contributed by atoms with Crippen molar-refractivity contribution >= 4 is 5.91 Å². The highest BCUT2D eigenvalue weighted by molar-refractivity contribution is 5.83. The maximum atomic E-state index is 12.8. The molecule has 4 heteroatoms. The van der Waals surface area contributed by atoms with Crippen LogP contribution in [0.25, 0.3) is 0 Å². The van der Waals surface area contributed by atoms with Crippen LogP contribution in [0.15, 0.2) is 0 Å². The lowest BCUT2D eigenvalue weighted by Crippen LogP contribution is -2.51. The summed E-state index contributed by atoms with van der Waals surface area (Å²) >= 11 is 0. The van der Waals surface area contributed by atoms with Gasteiger partial charge >= 0.3 is 0 Å². The second-order valence-corrected chi connectivity index (χ2v) is 6.98. The van der Waals surface area contributed by atoms with Crippen LogP contribution >= 0.6 is 0 Å². The molecule has 0 aromatic rings. The number of amides is 1. The third kappa shape index (κ3) is 2.73. The summed E-state index contributed by atoms with van der Waals surface area (Å²) < 4.78 is 0. The van der Waals surface area contributed by atoms with Crippen molar-refractivity contribution in [3.63, 3.8) is 0 Å². The summed E-state index contributed by atoms with van der Waals surface area (Å²) in [6, 6.07) is 1.15. The van der Waals surface area contributed by atoms with E-state index in [4.69, 9.17) is 0 Å². The van der Waals surface area contributed by atoms with Crippen LogP contribution in [0, 0.1) is 5.41 Å². The second-order valence-electron chi connectivity index (χ2n) is 6.98. The van der Waals surface area contributed by atoms with Crippen molar-refractivity contribution < 1.29 is 4.79 Å². The Morgan fingerprint density at radius 3 is 3.05 bits per heavy atom. The summed E-state index contributed by atoms with van der Waals surface area (Å²) in [5.74, 6) is 0.320. The lowest BCUT2D eigenvalue weighted by Gasteiger charge is -2.37. The topological polar surface area (TPSA) is 44.4 Å². The maximum Gasteiger partial charge on any atom is 0.227 e. The highest BCUT2D eigenvalue weighted by atomic mass is 16.2. The Hall–Kier alpha value is -0.610. The van der Waals surface area contributed by atoms with Crippen molar-refractivity contribution in [1.29, 1.82) is 0 Å². The van der Waals surface area contributed by atoms with Crippen LogP contribution in [0.3, 0.4) is 0 Å². The van der Waals surface area contributed by atoms with Crippen molar-refractivity contribution in [3.8, 4) is 0 Å². The van der Waals surface area contributed by atoms with Crippen LogP contribution in [-0.2, 0) is 4.79 Å². The van der Waals surface area contributed by atoms with Crippen LogP contribution in [0.2, 0.25) is 0 Å². The maximum absolute atomic E-state index is 12.8. The van der Waals surface area contributed by atoms with E-state index < -0.39 is 0 Å². The molecule has 0 saturated carbocycles. The fourth-order valence-corrected chi connectivity index (χ4v) is 4.44. The minimum Gasteiger partial charge on any atom is -0.353 e. The standard InChI is InChI=1S/C16H29N3O/c1-2-6-16(7-8-17-12-16)15(20)18-13-5-10-19-9-3-4-14(19)11-13/h13-14,17H,2-12H2,1H3,(H,18,20). The summed E-state index contributed by atoms with van der Waals surface area (Å²) in [6.07, 6.45) is 8.10. The smallest absolute Gasteiger partial charge is 0.227 e. The van der Waals surface area contributed by atoms with Crippen molar-refractivity contribution in [2.75, 3.05) is 26.2 Å². The number of hydrogen-bond acceptors (Lipinski definition) is 3. The fraction of sp³-hybridized carbons (Fsp3) is 0.938. The Morgan fingerprint density at radius 1 is 1.40 bits per heavy atom. The van der Waals surface area contributed by atoms with Crippen LogP contribution in [0.5, 0.6) is 0 Å². The number of piperidine rings is 1. The second kappa shape index (κ2) is 6.02. The van der Waals surface area contributed by atoms with Crippen molar-refractivity contribution in [2.24, 2.45) is 5.41 Å². The quantitative estimate of drug-likeness (QED) is 0.820. The zero-order chi connectivity index (χ0) is 14.0. The van der Waals surface area contributed by atoms with Gasteiger partial charge in [0.25, 0.3) is 0 Å². The number of rotatable bonds is 4. The van der Waals surface area contributed by atoms with Crippen molar-refractivity contribution in [2.45, 2.75) is 64.0 Å². The zero-order valence-electron chi connectivity index (χ0n) is 12.8. The number of nitrogens with zero attached hydrogens (tertiary/aromatic N) is 1. The first-order valence-electron chi connectivity index (χ1n) is 8.49. The average Bonchev–Trinajstić information content (AvgIpc) is 3.08. The Labute approximate surface area is 122 Å². The molecule has 2 N–H and O–H groups in total. The molecule has 3 unspecified atom stereocenters. The molecule has 0 spiro atoms. The largest absolute Gasteiger partial charge is 0.353 e. The molecule has 3 rings (SSSR count). The third-order valence-electron chi connectivity index (χ3n) is 5.61. The zero-order valence-corrected chi connectivity index (χ0v) is 12.8. The molecule has 3 saturated heterocycles. The van der Waals surface area contributed by atoms with Gasteiger partial charge in [-0.1, -0.05) is 13.3 Å². The van der Waals surface area contributed by atoms with Gasteiger partial charge in [-0.15, -0.1) is 0 Å². The number of hydrogen-bond donors (Lipinski definition) is 2. The molecule has 1 amide bonds. The number of carbonyl (C=O) groups is 1. The molecule has 0 aromatic carbocycles. The van der Waals surface area contributed by atoms with E-state index in [0.29, 0.717) is 11.9 Å². The van der Waals surface area contributed by atoms with E-state index in [0.717, 1.165) is 44.8 Å². The van der Waals surface area contributed by atoms with E-state index in [2.05, 4.69) is 22.5 Å². The Morgan fingerprint density at radius 2 is 2.30 bits per heavy atom. The van der Waals surface area contributed by atoms with Crippen LogP contribution in [-0.4, -0.2) is 49.1 Å². The van der Waals surface area contributed by atoms with E-state index in [1.54, 1.807) is 0 Å². The molecule has 3 fully saturated rings. The van der Waals surface area contributed by atoms with Gasteiger partial charge in [-0.25, -0.2) is 0 Å². The van der Waals surface area contributed by atoms with Crippen molar-refractivity contribution in [1.82, 2.24) is 15.5 Å². The first-order valence-corrected chi connectivity index (χ1v) is 8.49. The van der Waals surface area contributed by atoms with Crippen molar-refractivity contribution in [3.05, 3.63) is 0 Å². The molecule has 0 bridgehead atoms. The normalized spacial score (nSPS) is 37.9. The van der Waals surface area contributed by atoms with Gasteiger partial charge in [0.1, 0.15) is 0 Å². The van der Waals surface area contributed by atoms with Gasteiger partial charge in [-0.05, 0) is 51.6 Å². The van der Waals surface area contributed by atoms with Gasteiger partial charge in [0, 0.05) is 25.2 Å². The summed E-state index contributed by atoms with van der Waals surface area (Å²) in [7, 11) is 0. The van der Waals surface area contributed by atoms with E-state index in [9.17, 15) is 4.79 Å². The van der Waals surface area contributed by atoms with Gasteiger partial charge in [0.15, 0.2) is 0 Å². The predicted octanol–water partition coefficient (Wildman–Crippen LogP) is 1.51. The molecule has 3 heterocycles. The van der Waals surface area contributed by atoms with E-state index in [1.165, 1.54) is 32.4 Å². The molecule has 3 aliphatic rings. The average molecular weight is 279 g/mol. The lowest BCUT2D eigenvalue weighted by molar-refractivity contribution is -0.131. The summed E-state index contributed by atoms with van der Waals surface area (Å²) in [5.41, 5.74) is -0.123. The lowest BCUT2D eigenvalue weighted by atomic mass is 9.81. The fourth-order valence-electron chi connectivity index (χ4n) is 4.44. The van der Waals surface area contributed by atoms with Crippen LogP contribution in [0.1, 0.15) is 51.9 Å². The predicted molar refractivity (Wildman–Crippen MR) is 80.6 cm³/mol. The summed E-state index contributed by atoms with van der Waals surface area (Å²) in [5, 5.41) is 6.78. The van der Waals surface area contributed by atoms with Gasteiger partial charge in [0.05, 0.1) is 5.41 Å². The molecule has 3 atom stereocenters. The first-order chi connectivity index (χ1) is 9.73. The van der Waals surface area contributed by atoms with E-state index >= 15 is 0 Å². The van der Waals surface area contributed by atoms with Crippen LogP contribution < -0.4 is 10.6 Å². The van der Waals surface area contributed by atoms with Crippen LogP contribution in [0.4, 0.5) is 0 Å².